The van der Waals surface area contributed by atoms with Crippen molar-refractivity contribution in [2.75, 3.05) is 14.2 Å². The third-order valence-corrected chi connectivity index (χ3v) is 3.87. The van der Waals surface area contributed by atoms with E-state index in [2.05, 4.69) is 35.6 Å². The van der Waals surface area contributed by atoms with E-state index in [1.807, 2.05) is 14.2 Å². The van der Waals surface area contributed by atoms with Crippen molar-refractivity contribution < 1.29 is 4.74 Å². The third kappa shape index (κ3) is 2.13. The van der Waals surface area contributed by atoms with Gasteiger partial charge in [-0.15, -0.1) is 0 Å². The van der Waals surface area contributed by atoms with E-state index >= 15 is 0 Å². The van der Waals surface area contributed by atoms with Crippen molar-refractivity contribution in [3.63, 3.8) is 0 Å². The van der Waals surface area contributed by atoms with Crippen LogP contribution < -0.4 is 5.32 Å². The molecule has 1 saturated carbocycles. The van der Waals surface area contributed by atoms with Gasteiger partial charge in [0, 0.05) is 13.2 Å². The lowest BCUT2D eigenvalue weighted by Gasteiger charge is -2.46. The highest BCUT2D eigenvalue weighted by molar-refractivity contribution is 5.18. The second-order valence-corrected chi connectivity index (χ2v) is 4.65. The Hall–Kier alpha value is -0.860. The number of nitrogens with one attached hydrogen (secondary N) is 1. The maximum Gasteiger partial charge on any atom is 0.0834 e. The van der Waals surface area contributed by atoms with Crippen LogP contribution in [0.4, 0.5) is 0 Å². The molecular weight excluding hydrogens is 198 g/mol. The van der Waals surface area contributed by atoms with Crippen LogP contribution >= 0.6 is 0 Å². The lowest BCUT2D eigenvalue weighted by Crippen LogP contribution is -2.56. The highest BCUT2D eigenvalue weighted by atomic mass is 16.5. The van der Waals surface area contributed by atoms with Crippen molar-refractivity contribution in [3.05, 3.63) is 35.9 Å². The van der Waals surface area contributed by atoms with Crippen LogP contribution in [0.3, 0.4) is 0 Å². The summed E-state index contributed by atoms with van der Waals surface area (Å²) in [5.41, 5.74) is 1.45. The van der Waals surface area contributed by atoms with Crippen LogP contribution in [-0.2, 0) is 11.2 Å². The highest BCUT2D eigenvalue weighted by Gasteiger charge is 2.43. The summed E-state index contributed by atoms with van der Waals surface area (Å²) in [6.45, 7) is 0. The average Bonchev–Trinajstić information content (AvgIpc) is 2.28. The Labute approximate surface area is 98.0 Å². The molecular formula is C14H21NO. The molecule has 0 radical (unpaired) electrons. The lowest BCUT2D eigenvalue weighted by atomic mass is 9.72. The molecule has 2 rings (SSSR count). The molecule has 0 heterocycles. The number of methoxy groups -OCH3 is 1. The van der Waals surface area contributed by atoms with Crippen molar-refractivity contribution in [2.24, 2.45) is 0 Å². The molecule has 0 spiro atoms. The molecule has 1 aliphatic carbocycles. The van der Waals surface area contributed by atoms with Gasteiger partial charge >= 0.3 is 0 Å². The van der Waals surface area contributed by atoms with Crippen molar-refractivity contribution in [2.45, 2.75) is 37.3 Å². The number of benzene rings is 1. The van der Waals surface area contributed by atoms with E-state index in [1.54, 1.807) is 0 Å². The van der Waals surface area contributed by atoms with Crippen LogP contribution in [0.25, 0.3) is 0 Å². The van der Waals surface area contributed by atoms with Gasteiger partial charge in [0.05, 0.1) is 5.60 Å². The molecule has 2 nitrogen and oxygen atoms in total. The molecule has 0 aliphatic heterocycles. The molecule has 0 amide bonds. The third-order valence-electron chi connectivity index (χ3n) is 3.87. The molecule has 1 fully saturated rings. The fraction of sp³-hybridized carbons (Fsp3) is 0.571. The van der Waals surface area contributed by atoms with Gasteiger partial charge in [-0.3, -0.25) is 0 Å². The largest absolute Gasteiger partial charge is 0.377 e. The van der Waals surface area contributed by atoms with Gasteiger partial charge < -0.3 is 10.1 Å². The van der Waals surface area contributed by atoms with Crippen molar-refractivity contribution >= 4 is 0 Å². The summed E-state index contributed by atoms with van der Waals surface area (Å²) in [6.07, 6.45) is 4.70. The average molecular weight is 219 g/mol. The Morgan fingerprint density at radius 2 is 2.00 bits per heavy atom. The van der Waals surface area contributed by atoms with Gasteiger partial charge in [-0.2, -0.15) is 0 Å². The van der Waals surface area contributed by atoms with Gasteiger partial charge in [0.2, 0.25) is 0 Å². The van der Waals surface area contributed by atoms with E-state index in [9.17, 15) is 0 Å². The minimum absolute atomic E-state index is 0.0740. The Morgan fingerprint density at radius 1 is 1.31 bits per heavy atom. The predicted octanol–water partition coefficient (Wildman–Crippen LogP) is 2.39. The standard InChI is InChI=1S/C14H21NO/c1-15-13(14(16-2)9-6-10-14)11-12-7-4-3-5-8-12/h3-5,7-8,13,15H,6,9-11H2,1-2H3. The molecule has 0 saturated heterocycles. The van der Waals surface area contributed by atoms with Gasteiger partial charge in [-0.1, -0.05) is 30.3 Å². The highest BCUT2D eigenvalue weighted by Crippen LogP contribution is 2.39. The minimum atomic E-state index is 0.0740. The minimum Gasteiger partial charge on any atom is -0.377 e. The summed E-state index contributed by atoms with van der Waals surface area (Å²) in [6, 6.07) is 11.1. The van der Waals surface area contributed by atoms with E-state index in [0.29, 0.717) is 6.04 Å². The van der Waals surface area contributed by atoms with Crippen LogP contribution in [0.5, 0.6) is 0 Å². The molecule has 1 N–H and O–H groups in total. The first-order valence-electron chi connectivity index (χ1n) is 6.07. The molecule has 1 aliphatic rings. The molecule has 16 heavy (non-hydrogen) atoms. The van der Waals surface area contributed by atoms with E-state index in [-0.39, 0.29) is 5.60 Å². The maximum absolute atomic E-state index is 5.74. The SMILES string of the molecule is CNC(Cc1ccccc1)C1(OC)CCC1. The van der Waals surface area contributed by atoms with Gasteiger partial charge in [-0.05, 0) is 38.3 Å². The topological polar surface area (TPSA) is 21.3 Å². The van der Waals surface area contributed by atoms with Crippen molar-refractivity contribution in [3.8, 4) is 0 Å². The van der Waals surface area contributed by atoms with Crippen LogP contribution in [0.15, 0.2) is 30.3 Å². The Bertz CT molecular complexity index is 313. The number of ether oxygens (including phenoxy) is 1. The summed E-state index contributed by atoms with van der Waals surface area (Å²) in [4.78, 5) is 0. The molecule has 0 bridgehead atoms. The predicted molar refractivity (Wildman–Crippen MR) is 66.6 cm³/mol. The van der Waals surface area contributed by atoms with Crippen LogP contribution in [0.2, 0.25) is 0 Å². The zero-order chi connectivity index (χ0) is 11.4. The normalized spacial score (nSPS) is 20.1. The number of hydrogen-bond acceptors (Lipinski definition) is 2. The smallest absolute Gasteiger partial charge is 0.0834 e. The molecule has 1 unspecified atom stereocenters. The summed E-state index contributed by atoms with van der Waals surface area (Å²) in [7, 11) is 3.88. The summed E-state index contributed by atoms with van der Waals surface area (Å²) in [5, 5.41) is 3.42. The van der Waals surface area contributed by atoms with Crippen molar-refractivity contribution in [1.29, 1.82) is 0 Å². The zero-order valence-corrected chi connectivity index (χ0v) is 10.2. The fourth-order valence-electron chi connectivity index (χ4n) is 2.62. The molecule has 1 aromatic carbocycles. The number of likely N-dealkylation sites (N-methyl/N-ethyl adjacent to an activating group) is 1. The van der Waals surface area contributed by atoms with E-state index < -0.39 is 0 Å². The maximum atomic E-state index is 5.74. The zero-order valence-electron chi connectivity index (χ0n) is 10.2. The molecule has 88 valence electrons. The van der Waals surface area contributed by atoms with Crippen LogP contribution in [0.1, 0.15) is 24.8 Å². The first-order valence-corrected chi connectivity index (χ1v) is 6.07. The molecule has 0 aromatic heterocycles. The second kappa shape index (κ2) is 4.98. The van der Waals surface area contributed by atoms with Gasteiger partial charge in [0.1, 0.15) is 0 Å². The lowest BCUT2D eigenvalue weighted by molar-refractivity contribution is -0.0966. The Kier molecular flexibility index (Phi) is 3.62. The first-order chi connectivity index (χ1) is 7.80. The first kappa shape index (κ1) is 11.6. The van der Waals surface area contributed by atoms with E-state index in [1.165, 1.54) is 24.8 Å². The Balaban J connectivity index is 2.06. The van der Waals surface area contributed by atoms with E-state index in [4.69, 9.17) is 4.74 Å². The van der Waals surface area contributed by atoms with Gasteiger partial charge in [-0.25, -0.2) is 0 Å². The van der Waals surface area contributed by atoms with Crippen LogP contribution in [-0.4, -0.2) is 25.8 Å². The summed E-state index contributed by atoms with van der Waals surface area (Å²) in [5.74, 6) is 0. The molecule has 2 heteroatoms. The monoisotopic (exact) mass is 219 g/mol. The van der Waals surface area contributed by atoms with E-state index in [0.717, 1.165) is 6.42 Å². The Morgan fingerprint density at radius 3 is 2.44 bits per heavy atom. The quantitative estimate of drug-likeness (QED) is 0.821. The van der Waals surface area contributed by atoms with Crippen LogP contribution in [0, 0.1) is 0 Å². The number of rotatable bonds is 5. The molecule has 1 aromatic rings. The van der Waals surface area contributed by atoms with Gasteiger partial charge in [0.15, 0.2) is 0 Å². The van der Waals surface area contributed by atoms with Gasteiger partial charge in [0.25, 0.3) is 0 Å². The fourth-order valence-corrected chi connectivity index (χ4v) is 2.62. The summed E-state index contributed by atoms with van der Waals surface area (Å²) >= 11 is 0. The summed E-state index contributed by atoms with van der Waals surface area (Å²) < 4.78 is 5.74. The number of hydrogen-bond donors (Lipinski definition) is 1. The second-order valence-electron chi connectivity index (χ2n) is 4.65. The van der Waals surface area contributed by atoms with Crippen molar-refractivity contribution in [1.82, 2.24) is 5.32 Å². The molecule has 1 atom stereocenters.